The van der Waals surface area contributed by atoms with Gasteiger partial charge in [-0.25, -0.2) is 9.59 Å². The predicted molar refractivity (Wildman–Crippen MR) is 75.0 cm³/mol. The molecule has 1 heterocycles. The Hall–Kier alpha value is -2.24. The first kappa shape index (κ1) is 15.2. The molecule has 2 atom stereocenters. The van der Waals surface area contributed by atoms with Crippen molar-refractivity contribution in [3.8, 4) is 5.75 Å². The van der Waals surface area contributed by atoms with E-state index in [1.54, 1.807) is 13.8 Å². The van der Waals surface area contributed by atoms with Crippen LogP contribution in [-0.2, 0) is 14.3 Å². The van der Waals surface area contributed by atoms with Crippen LogP contribution in [0.25, 0.3) is 0 Å². The van der Waals surface area contributed by atoms with Crippen molar-refractivity contribution in [1.82, 2.24) is 4.90 Å². The fourth-order valence-corrected chi connectivity index (χ4v) is 2.04. The van der Waals surface area contributed by atoms with Crippen LogP contribution >= 0.6 is 0 Å². The molecule has 0 aliphatic carbocycles. The van der Waals surface area contributed by atoms with E-state index < -0.39 is 24.2 Å². The van der Waals surface area contributed by atoms with Gasteiger partial charge in [0.1, 0.15) is 18.4 Å². The molecule has 114 valence electrons. The van der Waals surface area contributed by atoms with Gasteiger partial charge in [-0.05, 0) is 26.0 Å². The summed E-state index contributed by atoms with van der Waals surface area (Å²) in [7, 11) is 0. The number of carbonyl (C=O) groups excluding carboxylic acids is 2. The third-order valence-electron chi connectivity index (χ3n) is 3.18. The lowest BCUT2D eigenvalue weighted by Crippen LogP contribution is -2.41. The maximum atomic E-state index is 11.8. The summed E-state index contributed by atoms with van der Waals surface area (Å²) >= 11 is 0. The number of carbonyl (C=O) groups is 2. The van der Waals surface area contributed by atoms with E-state index in [9.17, 15) is 9.59 Å². The number of rotatable bonds is 6. The average molecular weight is 293 g/mol. The van der Waals surface area contributed by atoms with Crippen molar-refractivity contribution < 1.29 is 23.8 Å². The Balaban J connectivity index is 1.86. The number of ether oxygens (including phenoxy) is 3. The lowest BCUT2D eigenvalue weighted by atomic mass is 10.2. The number of nitrogens with zero attached hydrogens (tertiary/aromatic N) is 1. The summed E-state index contributed by atoms with van der Waals surface area (Å²) in [6.45, 7) is 4.20. The maximum Gasteiger partial charge on any atom is 0.411 e. The van der Waals surface area contributed by atoms with Gasteiger partial charge in [0.15, 0.2) is 6.10 Å². The molecule has 1 aliphatic rings. The first-order valence-electron chi connectivity index (χ1n) is 6.93. The summed E-state index contributed by atoms with van der Waals surface area (Å²) in [5.74, 6) is 0.282. The van der Waals surface area contributed by atoms with Crippen molar-refractivity contribution in [2.75, 3.05) is 19.8 Å². The Bertz CT molecular complexity index is 490. The standard InChI is InChI=1S/C15H19NO5/c1-3-19-14(17)11(2)16-9-13(21-15(16)18)10-20-12-7-5-4-6-8-12/h4-8,11,13H,3,9-10H2,1-2H3. The van der Waals surface area contributed by atoms with Crippen molar-refractivity contribution in [3.63, 3.8) is 0 Å². The van der Waals surface area contributed by atoms with Crippen LogP contribution in [0, 0.1) is 0 Å². The number of hydrogen-bond donors (Lipinski definition) is 0. The van der Waals surface area contributed by atoms with Gasteiger partial charge in [0.25, 0.3) is 0 Å². The van der Waals surface area contributed by atoms with Crippen molar-refractivity contribution >= 4 is 12.1 Å². The molecule has 2 rings (SSSR count). The monoisotopic (exact) mass is 293 g/mol. The summed E-state index contributed by atoms with van der Waals surface area (Å²) in [6, 6.07) is 8.63. The van der Waals surface area contributed by atoms with E-state index in [1.807, 2.05) is 30.3 Å². The molecule has 1 amide bonds. The van der Waals surface area contributed by atoms with E-state index in [-0.39, 0.29) is 13.2 Å². The Morgan fingerprint density at radius 1 is 1.43 bits per heavy atom. The first-order chi connectivity index (χ1) is 10.1. The van der Waals surface area contributed by atoms with E-state index in [0.717, 1.165) is 0 Å². The van der Waals surface area contributed by atoms with E-state index >= 15 is 0 Å². The molecule has 6 heteroatoms. The molecular weight excluding hydrogens is 274 g/mol. The van der Waals surface area contributed by atoms with Crippen molar-refractivity contribution in [2.24, 2.45) is 0 Å². The fourth-order valence-electron chi connectivity index (χ4n) is 2.04. The Kier molecular flexibility index (Phi) is 5.03. The minimum Gasteiger partial charge on any atom is -0.490 e. The highest BCUT2D eigenvalue weighted by molar-refractivity contribution is 5.81. The molecule has 1 aromatic carbocycles. The SMILES string of the molecule is CCOC(=O)C(C)N1CC(COc2ccccc2)OC1=O. The summed E-state index contributed by atoms with van der Waals surface area (Å²) < 4.78 is 15.7. The molecule has 0 aromatic heterocycles. The second-order valence-electron chi connectivity index (χ2n) is 4.71. The molecule has 0 spiro atoms. The molecule has 1 aromatic rings. The maximum absolute atomic E-state index is 11.8. The molecule has 1 aliphatic heterocycles. The van der Waals surface area contributed by atoms with Crippen molar-refractivity contribution in [1.29, 1.82) is 0 Å². The van der Waals surface area contributed by atoms with E-state index in [1.165, 1.54) is 4.90 Å². The molecule has 0 saturated carbocycles. The van der Waals surface area contributed by atoms with Gasteiger partial charge >= 0.3 is 12.1 Å². The molecule has 1 saturated heterocycles. The van der Waals surface area contributed by atoms with Gasteiger partial charge in [-0.2, -0.15) is 0 Å². The molecule has 1 fully saturated rings. The van der Waals surface area contributed by atoms with E-state index in [4.69, 9.17) is 14.2 Å². The Labute approximate surface area is 123 Å². The summed E-state index contributed by atoms with van der Waals surface area (Å²) in [6.07, 6.45) is -0.910. The summed E-state index contributed by atoms with van der Waals surface area (Å²) in [5.41, 5.74) is 0. The molecule has 2 unspecified atom stereocenters. The second-order valence-corrected chi connectivity index (χ2v) is 4.71. The smallest absolute Gasteiger partial charge is 0.411 e. The van der Waals surface area contributed by atoms with Gasteiger partial charge in [-0.15, -0.1) is 0 Å². The van der Waals surface area contributed by atoms with Crippen LogP contribution in [0.15, 0.2) is 30.3 Å². The van der Waals surface area contributed by atoms with Crippen LogP contribution in [-0.4, -0.2) is 48.9 Å². The number of para-hydroxylation sites is 1. The van der Waals surface area contributed by atoms with Gasteiger partial charge < -0.3 is 14.2 Å². The number of cyclic esters (lactones) is 1. The fraction of sp³-hybridized carbons (Fsp3) is 0.467. The van der Waals surface area contributed by atoms with Gasteiger partial charge in [0.2, 0.25) is 0 Å². The van der Waals surface area contributed by atoms with Gasteiger partial charge in [-0.1, -0.05) is 18.2 Å². The molecule has 0 radical (unpaired) electrons. The highest BCUT2D eigenvalue weighted by Gasteiger charge is 2.38. The van der Waals surface area contributed by atoms with Crippen LogP contribution in [0.5, 0.6) is 5.75 Å². The molecule has 0 N–H and O–H groups in total. The number of amides is 1. The van der Waals surface area contributed by atoms with Crippen molar-refractivity contribution in [3.05, 3.63) is 30.3 Å². The highest BCUT2D eigenvalue weighted by atomic mass is 16.6. The van der Waals surface area contributed by atoms with Gasteiger partial charge in [-0.3, -0.25) is 4.90 Å². The normalized spacial score (nSPS) is 19.0. The lowest BCUT2D eigenvalue weighted by Gasteiger charge is -2.19. The van der Waals surface area contributed by atoms with Gasteiger partial charge in [0, 0.05) is 0 Å². The highest BCUT2D eigenvalue weighted by Crippen LogP contribution is 2.17. The Morgan fingerprint density at radius 3 is 2.81 bits per heavy atom. The third-order valence-corrected chi connectivity index (χ3v) is 3.18. The van der Waals surface area contributed by atoms with E-state index in [2.05, 4.69) is 0 Å². The number of hydrogen-bond acceptors (Lipinski definition) is 5. The first-order valence-corrected chi connectivity index (χ1v) is 6.93. The zero-order valence-corrected chi connectivity index (χ0v) is 12.2. The van der Waals surface area contributed by atoms with Crippen LogP contribution < -0.4 is 4.74 Å². The summed E-state index contributed by atoms with van der Waals surface area (Å²) in [4.78, 5) is 24.8. The minimum atomic E-state index is -0.654. The second kappa shape index (κ2) is 6.97. The minimum absolute atomic E-state index is 0.252. The quantitative estimate of drug-likeness (QED) is 0.749. The molecule has 6 nitrogen and oxygen atoms in total. The molecule has 21 heavy (non-hydrogen) atoms. The van der Waals surface area contributed by atoms with Gasteiger partial charge in [0.05, 0.1) is 13.2 Å². The van der Waals surface area contributed by atoms with Crippen LogP contribution in [0.3, 0.4) is 0 Å². The largest absolute Gasteiger partial charge is 0.490 e. The van der Waals surface area contributed by atoms with Crippen LogP contribution in [0.4, 0.5) is 4.79 Å². The molecule has 0 bridgehead atoms. The number of benzene rings is 1. The average Bonchev–Trinajstić information content (AvgIpc) is 2.87. The van der Waals surface area contributed by atoms with Crippen LogP contribution in [0.1, 0.15) is 13.8 Å². The lowest BCUT2D eigenvalue weighted by molar-refractivity contribution is -0.147. The zero-order valence-electron chi connectivity index (χ0n) is 12.2. The molecular formula is C15H19NO5. The summed E-state index contributed by atoms with van der Waals surface area (Å²) in [5, 5.41) is 0. The topological polar surface area (TPSA) is 65.1 Å². The zero-order chi connectivity index (χ0) is 15.2. The van der Waals surface area contributed by atoms with Crippen LogP contribution in [0.2, 0.25) is 0 Å². The number of esters is 1. The Morgan fingerprint density at radius 2 is 2.14 bits per heavy atom. The van der Waals surface area contributed by atoms with Crippen molar-refractivity contribution in [2.45, 2.75) is 26.0 Å². The predicted octanol–water partition coefficient (Wildman–Crippen LogP) is 1.84. The third kappa shape index (κ3) is 3.87. The van der Waals surface area contributed by atoms with E-state index in [0.29, 0.717) is 12.3 Å².